The lowest BCUT2D eigenvalue weighted by molar-refractivity contribution is -0.384. The van der Waals surface area contributed by atoms with Crippen LogP contribution in [0.15, 0.2) is 59.6 Å². The van der Waals surface area contributed by atoms with Gasteiger partial charge in [0, 0.05) is 30.3 Å². The number of nitrogens with zero attached hydrogens (tertiary/aromatic N) is 3. The number of rotatable bonds is 8. The molecule has 3 fully saturated rings. The lowest BCUT2D eigenvalue weighted by atomic mass is 9.75. The number of carbonyl (C=O) groups excluding carboxylic acids is 2. The van der Waals surface area contributed by atoms with Gasteiger partial charge in [0.2, 0.25) is 11.7 Å². The number of hydrogen-bond acceptors (Lipinski definition) is 8. The lowest BCUT2D eigenvalue weighted by Gasteiger charge is -2.39. The van der Waals surface area contributed by atoms with E-state index >= 15 is 0 Å². The van der Waals surface area contributed by atoms with Crippen LogP contribution >= 0.6 is 0 Å². The minimum Gasteiger partial charge on any atom is -0.466 e. The Balaban J connectivity index is 1.58. The second kappa shape index (κ2) is 10.1. The molecular weight excluding hydrogens is 514 g/mol. The van der Waals surface area contributed by atoms with E-state index in [4.69, 9.17) is 19.2 Å². The summed E-state index contributed by atoms with van der Waals surface area (Å²) in [6.07, 6.45) is 4.92. The van der Waals surface area contributed by atoms with E-state index in [-0.39, 0.29) is 30.9 Å². The third-order valence-electron chi connectivity index (χ3n) is 8.64. The van der Waals surface area contributed by atoms with Gasteiger partial charge in [-0.05, 0) is 44.4 Å². The highest BCUT2D eigenvalue weighted by Crippen LogP contribution is 2.65. The fourth-order valence-electron chi connectivity index (χ4n) is 7.18. The topological polar surface area (TPSA) is 121 Å². The summed E-state index contributed by atoms with van der Waals surface area (Å²) >= 11 is 0. The second-order valence-electron chi connectivity index (χ2n) is 10.8. The van der Waals surface area contributed by atoms with E-state index in [0.29, 0.717) is 11.3 Å². The summed E-state index contributed by atoms with van der Waals surface area (Å²) < 4.78 is 18.7. The number of hydrogen-bond donors (Lipinski definition) is 0. The van der Waals surface area contributed by atoms with Crippen molar-refractivity contribution in [1.82, 2.24) is 4.90 Å². The first kappa shape index (κ1) is 26.6. The van der Waals surface area contributed by atoms with Gasteiger partial charge in [-0.15, -0.1) is 0 Å². The van der Waals surface area contributed by atoms with Crippen LogP contribution in [0.5, 0.6) is 0 Å². The van der Waals surface area contributed by atoms with Crippen LogP contribution in [0, 0.1) is 22.0 Å². The Labute approximate surface area is 232 Å². The highest BCUT2D eigenvalue weighted by molar-refractivity contribution is 6.12. The third kappa shape index (κ3) is 3.80. The van der Waals surface area contributed by atoms with Crippen molar-refractivity contribution in [3.63, 3.8) is 0 Å². The molecule has 0 N–H and O–H groups in total. The zero-order valence-corrected chi connectivity index (χ0v) is 22.7. The molecule has 2 aromatic rings. The van der Waals surface area contributed by atoms with E-state index in [2.05, 4.69) is 0 Å². The maximum absolute atomic E-state index is 14.5. The minimum absolute atomic E-state index is 0.00186. The Morgan fingerprint density at radius 1 is 1.07 bits per heavy atom. The number of nitro benzene ring substituents is 1. The molecule has 1 saturated carbocycles. The summed E-state index contributed by atoms with van der Waals surface area (Å²) in [6.45, 7) is 3.82. The van der Waals surface area contributed by atoms with E-state index in [1.54, 1.807) is 26.0 Å². The predicted molar refractivity (Wildman–Crippen MR) is 144 cm³/mol. The van der Waals surface area contributed by atoms with E-state index in [1.807, 2.05) is 35.2 Å². The molecule has 1 aliphatic carbocycles. The Morgan fingerprint density at radius 3 is 2.40 bits per heavy atom. The Morgan fingerprint density at radius 2 is 1.77 bits per heavy atom. The quantitative estimate of drug-likeness (QED) is 0.270. The third-order valence-corrected chi connectivity index (χ3v) is 8.64. The van der Waals surface area contributed by atoms with Crippen LogP contribution in [0.25, 0.3) is 0 Å². The fourth-order valence-corrected chi connectivity index (χ4v) is 7.18. The number of likely N-dealkylation sites (tertiary alicyclic amines) is 1. The van der Waals surface area contributed by atoms with Crippen LogP contribution in [0.3, 0.4) is 0 Å². The molecule has 4 aliphatic rings. The number of benzene rings is 2. The van der Waals surface area contributed by atoms with Gasteiger partial charge >= 0.3 is 5.97 Å². The molecule has 3 aliphatic heterocycles. The number of non-ortho nitro benzene ring substituents is 1. The normalized spacial score (nSPS) is 31.2. The van der Waals surface area contributed by atoms with Gasteiger partial charge in [0.25, 0.3) is 5.69 Å². The number of aliphatic imine (C=N–C) groups is 1. The first-order valence-corrected chi connectivity index (χ1v) is 14.1. The van der Waals surface area contributed by atoms with E-state index in [0.717, 1.165) is 37.7 Å². The van der Waals surface area contributed by atoms with Crippen molar-refractivity contribution in [3.05, 3.63) is 75.8 Å². The summed E-state index contributed by atoms with van der Waals surface area (Å²) in [4.78, 5) is 46.2. The predicted octanol–water partition coefficient (Wildman–Crippen LogP) is 4.57. The van der Waals surface area contributed by atoms with Crippen LogP contribution < -0.4 is 0 Å². The molecule has 0 radical (unpaired) electrons. The first-order valence-electron chi connectivity index (χ1n) is 14.1. The average Bonchev–Trinajstić information content (AvgIpc) is 3.54. The van der Waals surface area contributed by atoms with Crippen molar-refractivity contribution in [3.8, 4) is 0 Å². The van der Waals surface area contributed by atoms with E-state index < -0.39 is 40.3 Å². The molecule has 0 aromatic heterocycles. The fraction of sp³-hybridized carbons (Fsp3) is 0.500. The first-order chi connectivity index (χ1) is 19.4. The van der Waals surface area contributed by atoms with Gasteiger partial charge in [0.15, 0.2) is 5.72 Å². The zero-order chi connectivity index (χ0) is 28.1. The number of amides is 1. The molecule has 1 spiro atoms. The molecule has 0 unspecified atom stereocenters. The van der Waals surface area contributed by atoms with Gasteiger partial charge in [0.1, 0.15) is 23.6 Å². The monoisotopic (exact) mass is 547 g/mol. The summed E-state index contributed by atoms with van der Waals surface area (Å²) in [5.74, 6) is -4.47. The lowest BCUT2D eigenvalue weighted by Crippen LogP contribution is -2.54. The number of nitro groups is 1. The molecular formula is C30H33N3O7. The van der Waals surface area contributed by atoms with Crippen LogP contribution in [-0.4, -0.2) is 58.2 Å². The summed E-state index contributed by atoms with van der Waals surface area (Å²) in [7, 11) is 0. The molecule has 2 saturated heterocycles. The highest BCUT2D eigenvalue weighted by Gasteiger charge is 2.81. The minimum atomic E-state index is -1.68. The van der Waals surface area contributed by atoms with Gasteiger partial charge in [-0.3, -0.25) is 19.7 Å². The van der Waals surface area contributed by atoms with E-state index in [9.17, 15) is 19.7 Å². The van der Waals surface area contributed by atoms with Gasteiger partial charge in [0.05, 0.1) is 11.5 Å². The molecule has 1 amide bonds. The SMILES string of the molecule is CCOC(=O)[C@@H]1[C@H]2C(=O)N(C3CCCCC3)[C@H](c3ccccc3)[C@]23N=C(c2ccc([N+](=O)[O-])cc2)[C@]1(OCC)O3. The smallest absolute Gasteiger partial charge is 0.315 e. The summed E-state index contributed by atoms with van der Waals surface area (Å²) in [5.41, 5.74) is 0.238. The van der Waals surface area contributed by atoms with E-state index in [1.165, 1.54) is 12.1 Å². The molecule has 10 nitrogen and oxygen atoms in total. The molecule has 210 valence electrons. The summed E-state index contributed by atoms with van der Waals surface area (Å²) in [5, 5.41) is 11.3. The van der Waals surface area contributed by atoms with Gasteiger partial charge in [-0.1, -0.05) is 49.6 Å². The number of carbonyl (C=O) groups is 2. The molecule has 40 heavy (non-hydrogen) atoms. The van der Waals surface area contributed by atoms with Gasteiger partial charge < -0.3 is 19.1 Å². The Bertz CT molecular complexity index is 1340. The van der Waals surface area contributed by atoms with Crippen LogP contribution in [-0.2, 0) is 23.8 Å². The second-order valence-corrected chi connectivity index (χ2v) is 10.8. The highest BCUT2D eigenvalue weighted by atomic mass is 16.7. The number of fused-ring (bicyclic) bond motifs is 1. The van der Waals surface area contributed by atoms with Crippen molar-refractivity contribution < 1.29 is 28.7 Å². The van der Waals surface area contributed by atoms with Crippen molar-refractivity contribution in [1.29, 1.82) is 0 Å². The maximum Gasteiger partial charge on any atom is 0.315 e. The van der Waals surface area contributed by atoms with Crippen molar-refractivity contribution in [2.45, 2.75) is 69.5 Å². The number of esters is 1. The standard InChI is InChI=1S/C30H33N3O7/c1-3-38-28(35)24-23-27(34)32(21-13-9-6-10-14-21)26(20-11-7-5-8-12-20)29(23)31-25(30(24,40-29)39-4-2)19-15-17-22(18-16-19)33(36)37/h5,7-8,11-12,15-18,21,23-24,26H,3-4,6,9-10,13-14H2,1-2H3/t23-,24-,26+,29-,30+/m0/s1. The largest absolute Gasteiger partial charge is 0.466 e. The Kier molecular flexibility index (Phi) is 6.70. The molecule has 2 aromatic carbocycles. The Hall–Kier alpha value is -3.63. The zero-order valence-electron chi connectivity index (χ0n) is 22.7. The van der Waals surface area contributed by atoms with Gasteiger partial charge in [-0.25, -0.2) is 4.99 Å². The average molecular weight is 548 g/mol. The molecule has 3 heterocycles. The van der Waals surface area contributed by atoms with Crippen LogP contribution in [0.4, 0.5) is 5.69 Å². The number of ether oxygens (including phenoxy) is 3. The molecule has 10 heteroatoms. The van der Waals surface area contributed by atoms with Crippen molar-refractivity contribution in [2.24, 2.45) is 16.8 Å². The van der Waals surface area contributed by atoms with Crippen LogP contribution in [0.1, 0.15) is 63.1 Å². The van der Waals surface area contributed by atoms with Gasteiger partial charge in [-0.2, -0.15) is 0 Å². The molecule has 2 bridgehead atoms. The summed E-state index contributed by atoms with van der Waals surface area (Å²) in [6, 6.07) is 15.1. The maximum atomic E-state index is 14.5. The van der Waals surface area contributed by atoms with Crippen molar-refractivity contribution in [2.75, 3.05) is 13.2 Å². The molecule has 6 rings (SSSR count). The van der Waals surface area contributed by atoms with Crippen molar-refractivity contribution >= 4 is 23.3 Å². The van der Waals surface area contributed by atoms with Crippen LogP contribution in [0.2, 0.25) is 0 Å². The molecule has 5 atom stereocenters.